The molecule has 1 atom stereocenters. The number of hydrogen-bond donors (Lipinski definition) is 1. The Hall–Kier alpha value is -3.34. The van der Waals surface area contributed by atoms with Gasteiger partial charge in [0.2, 0.25) is 11.8 Å². The van der Waals surface area contributed by atoms with Crippen LogP contribution in [0.15, 0.2) is 48.5 Å². The number of carbonyl (C=O) groups is 2. The molecule has 1 heterocycles. The van der Waals surface area contributed by atoms with E-state index in [1.807, 2.05) is 6.07 Å². The molecular formula is C19H14F3N3O2. The van der Waals surface area contributed by atoms with Crippen molar-refractivity contribution in [2.24, 2.45) is 5.92 Å². The molecule has 5 nitrogen and oxygen atoms in total. The predicted molar refractivity (Wildman–Crippen MR) is 91.7 cm³/mol. The maximum absolute atomic E-state index is 13.1. The van der Waals surface area contributed by atoms with Crippen LogP contribution in [0.25, 0.3) is 0 Å². The Morgan fingerprint density at radius 1 is 1.15 bits per heavy atom. The maximum Gasteiger partial charge on any atom is 0.418 e. The highest BCUT2D eigenvalue weighted by Crippen LogP contribution is 2.35. The molecule has 0 saturated carbocycles. The second-order valence-electron chi connectivity index (χ2n) is 6.07. The molecular weight excluding hydrogens is 359 g/mol. The average Bonchev–Trinajstić information content (AvgIpc) is 3.03. The van der Waals surface area contributed by atoms with E-state index in [1.54, 1.807) is 24.3 Å². The molecule has 0 spiro atoms. The summed E-state index contributed by atoms with van der Waals surface area (Å²) in [5, 5.41) is 11.4. The van der Waals surface area contributed by atoms with E-state index in [0.29, 0.717) is 5.69 Å². The summed E-state index contributed by atoms with van der Waals surface area (Å²) in [6.45, 7) is -0.00244. The predicted octanol–water partition coefficient (Wildman–Crippen LogP) is 3.57. The molecule has 2 amide bonds. The van der Waals surface area contributed by atoms with Crippen molar-refractivity contribution < 1.29 is 22.8 Å². The third-order valence-electron chi connectivity index (χ3n) is 4.30. The van der Waals surface area contributed by atoms with Gasteiger partial charge in [-0.15, -0.1) is 0 Å². The normalized spacial score (nSPS) is 16.9. The van der Waals surface area contributed by atoms with Crippen molar-refractivity contribution in [3.05, 3.63) is 59.7 Å². The fraction of sp³-hybridized carbons (Fsp3) is 0.211. The molecule has 2 aromatic rings. The third kappa shape index (κ3) is 3.77. The van der Waals surface area contributed by atoms with Gasteiger partial charge in [-0.2, -0.15) is 18.4 Å². The second-order valence-corrected chi connectivity index (χ2v) is 6.07. The molecule has 1 saturated heterocycles. The lowest BCUT2D eigenvalue weighted by Crippen LogP contribution is -2.29. The van der Waals surface area contributed by atoms with Crippen molar-refractivity contribution in [1.29, 1.82) is 5.26 Å². The summed E-state index contributed by atoms with van der Waals surface area (Å²) in [6, 6.07) is 13.1. The first-order valence-electron chi connectivity index (χ1n) is 8.08. The lowest BCUT2D eigenvalue weighted by atomic mass is 10.1. The molecule has 1 unspecified atom stereocenters. The Bertz CT molecular complexity index is 934. The first-order valence-corrected chi connectivity index (χ1v) is 8.08. The number of rotatable bonds is 3. The molecule has 3 rings (SSSR count). The van der Waals surface area contributed by atoms with Crippen molar-refractivity contribution in [1.82, 2.24) is 0 Å². The number of alkyl halides is 3. The number of hydrogen-bond acceptors (Lipinski definition) is 3. The van der Waals surface area contributed by atoms with Crippen molar-refractivity contribution in [2.75, 3.05) is 16.8 Å². The van der Waals surface area contributed by atoms with Crippen LogP contribution in [0.2, 0.25) is 0 Å². The van der Waals surface area contributed by atoms with Crippen LogP contribution in [0.1, 0.15) is 17.5 Å². The Morgan fingerprint density at radius 2 is 1.81 bits per heavy atom. The number of nitrogens with one attached hydrogen (secondary N) is 1. The molecule has 138 valence electrons. The van der Waals surface area contributed by atoms with E-state index in [1.165, 1.54) is 23.1 Å². The molecule has 0 radical (unpaired) electrons. The quantitative estimate of drug-likeness (QED) is 0.894. The number of halogens is 3. The molecule has 1 fully saturated rings. The summed E-state index contributed by atoms with van der Waals surface area (Å²) < 4.78 is 39.2. The van der Waals surface area contributed by atoms with E-state index in [9.17, 15) is 22.8 Å². The topological polar surface area (TPSA) is 73.2 Å². The first kappa shape index (κ1) is 18.5. The van der Waals surface area contributed by atoms with Crippen molar-refractivity contribution >= 4 is 23.2 Å². The SMILES string of the molecule is N#Cc1ccccc1N1CC(C(=O)Nc2ccccc2C(F)(F)F)CC1=O. The molecule has 1 aliphatic rings. The lowest BCUT2D eigenvalue weighted by Gasteiger charge is -2.18. The average molecular weight is 373 g/mol. The van der Waals surface area contributed by atoms with Crippen LogP contribution in [0.4, 0.5) is 24.5 Å². The smallest absolute Gasteiger partial charge is 0.325 e. The van der Waals surface area contributed by atoms with Gasteiger partial charge in [-0.3, -0.25) is 9.59 Å². The van der Waals surface area contributed by atoms with E-state index in [4.69, 9.17) is 5.26 Å². The van der Waals surface area contributed by atoms with Gasteiger partial charge in [0.25, 0.3) is 0 Å². The Labute approximate surface area is 153 Å². The minimum atomic E-state index is -4.60. The number of carbonyl (C=O) groups excluding carboxylic acids is 2. The molecule has 27 heavy (non-hydrogen) atoms. The van der Waals surface area contributed by atoms with Crippen LogP contribution < -0.4 is 10.2 Å². The summed E-state index contributed by atoms with van der Waals surface area (Å²) in [5.41, 5.74) is -0.627. The second kappa shape index (κ2) is 7.11. The summed E-state index contributed by atoms with van der Waals surface area (Å²) in [6.07, 6.45) is -4.74. The van der Waals surface area contributed by atoms with Gasteiger partial charge in [0, 0.05) is 13.0 Å². The van der Waals surface area contributed by atoms with Gasteiger partial charge < -0.3 is 10.2 Å². The van der Waals surface area contributed by atoms with Gasteiger partial charge in [0.05, 0.1) is 28.4 Å². The van der Waals surface area contributed by atoms with E-state index in [2.05, 4.69) is 5.32 Å². The molecule has 0 aromatic heterocycles. The van der Waals surface area contributed by atoms with Gasteiger partial charge in [0.1, 0.15) is 6.07 Å². The van der Waals surface area contributed by atoms with Crippen LogP contribution in [0.5, 0.6) is 0 Å². The van der Waals surface area contributed by atoms with Gasteiger partial charge in [0.15, 0.2) is 0 Å². The number of para-hydroxylation sites is 2. The minimum Gasteiger partial charge on any atom is -0.325 e. The molecule has 2 aromatic carbocycles. The monoisotopic (exact) mass is 373 g/mol. The zero-order valence-corrected chi connectivity index (χ0v) is 14.0. The molecule has 8 heteroatoms. The molecule has 0 bridgehead atoms. The largest absolute Gasteiger partial charge is 0.418 e. The third-order valence-corrected chi connectivity index (χ3v) is 4.30. The van der Waals surface area contributed by atoms with Crippen molar-refractivity contribution in [3.8, 4) is 6.07 Å². The highest BCUT2D eigenvalue weighted by atomic mass is 19.4. The van der Waals surface area contributed by atoms with Crippen LogP contribution in [0, 0.1) is 17.2 Å². The van der Waals surface area contributed by atoms with Crippen LogP contribution >= 0.6 is 0 Å². The summed E-state index contributed by atoms with van der Waals surface area (Å²) in [4.78, 5) is 26.1. The van der Waals surface area contributed by atoms with E-state index in [-0.39, 0.29) is 30.1 Å². The highest BCUT2D eigenvalue weighted by molar-refractivity contribution is 6.04. The van der Waals surface area contributed by atoms with E-state index < -0.39 is 23.6 Å². The Balaban J connectivity index is 1.79. The number of nitriles is 1. The fourth-order valence-electron chi connectivity index (χ4n) is 2.99. The lowest BCUT2D eigenvalue weighted by molar-refractivity contribution is -0.137. The fourth-order valence-corrected chi connectivity index (χ4v) is 2.99. The zero-order valence-electron chi connectivity index (χ0n) is 14.0. The number of nitrogens with zero attached hydrogens (tertiary/aromatic N) is 2. The summed E-state index contributed by atoms with van der Waals surface area (Å²) in [5.74, 6) is -1.84. The van der Waals surface area contributed by atoms with Crippen molar-refractivity contribution in [2.45, 2.75) is 12.6 Å². The molecule has 0 aliphatic carbocycles. The highest BCUT2D eigenvalue weighted by Gasteiger charge is 2.38. The number of anilines is 2. The van der Waals surface area contributed by atoms with Gasteiger partial charge >= 0.3 is 6.18 Å². The van der Waals surface area contributed by atoms with Crippen LogP contribution in [-0.4, -0.2) is 18.4 Å². The van der Waals surface area contributed by atoms with Crippen LogP contribution in [-0.2, 0) is 15.8 Å². The van der Waals surface area contributed by atoms with Crippen molar-refractivity contribution in [3.63, 3.8) is 0 Å². The first-order chi connectivity index (χ1) is 12.8. The van der Waals surface area contributed by atoms with Gasteiger partial charge in [-0.05, 0) is 24.3 Å². The molecule has 1 aliphatic heterocycles. The Morgan fingerprint density at radius 3 is 2.52 bits per heavy atom. The minimum absolute atomic E-state index is 0.00244. The summed E-state index contributed by atoms with van der Waals surface area (Å²) in [7, 11) is 0. The summed E-state index contributed by atoms with van der Waals surface area (Å²) >= 11 is 0. The Kier molecular flexibility index (Phi) is 4.86. The van der Waals surface area contributed by atoms with Gasteiger partial charge in [-0.1, -0.05) is 24.3 Å². The van der Waals surface area contributed by atoms with Gasteiger partial charge in [-0.25, -0.2) is 0 Å². The standard InChI is InChI=1S/C19H14F3N3O2/c20-19(21,22)14-6-2-3-7-15(14)24-18(27)13-9-17(26)25(11-13)16-8-4-1-5-12(16)10-23/h1-8,13H,9,11H2,(H,24,27). The number of amides is 2. The van der Waals surface area contributed by atoms with Crippen LogP contribution in [0.3, 0.4) is 0 Å². The van der Waals surface area contributed by atoms with E-state index in [0.717, 1.165) is 6.07 Å². The van der Waals surface area contributed by atoms with E-state index >= 15 is 0 Å². The maximum atomic E-state index is 13.1. The molecule has 1 N–H and O–H groups in total. The number of benzene rings is 2. The zero-order chi connectivity index (χ0) is 19.6.